The Kier molecular flexibility index (Phi) is 4.64. The highest BCUT2D eigenvalue weighted by Gasteiger charge is 2.18. The number of hydrogen-bond acceptors (Lipinski definition) is 5. The second-order valence-corrected chi connectivity index (χ2v) is 5.54. The van der Waals surface area contributed by atoms with E-state index in [1.807, 2.05) is 0 Å². The number of hydrogen-bond donors (Lipinski definition) is 2. The van der Waals surface area contributed by atoms with Gasteiger partial charge < -0.3 is 15.7 Å². The predicted octanol–water partition coefficient (Wildman–Crippen LogP) is 3.40. The van der Waals surface area contributed by atoms with E-state index in [4.69, 9.17) is 27.3 Å². The highest BCUT2D eigenvalue weighted by atomic mass is 79.9. The van der Waals surface area contributed by atoms with E-state index in [-0.39, 0.29) is 11.7 Å². The Hall–Kier alpha value is -1.86. The lowest BCUT2D eigenvalue weighted by Crippen LogP contribution is -2.18. The lowest BCUT2D eigenvalue weighted by atomic mass is 10.1. The maximum Gasteiger partial charge on any atom is 0.250 e. The Labute approximate surface area is 134 Å². The van der Waals surface area contributed by atoms with E-state index in [1.165, 1.54) is 0 Å². The van der Waals surface area contributed by atoms with Crippen molar-refractivity contribution in [2.75, 3.05) is 0 Å². The summed E-state index contributed by atoms with van der Waals surface area (Å²) < 4.78 is 6.36. The average molecular weight is 372 g/mol. The van der Waals surface area contributed by atoms with Crippen LogP contribution in [-0.2, 0) is 0 Å². The lowest BCUT2D eigenvalue weighted by Gasteiger charge is -2.13. The van der Waals surface area contributed by atoms with Crippen LogP contribution in [0.25, 0.3) is 0 Å². The van der Waals surface area contributed by atoms with Crippen LogP contribution in [0.4, 0.5) is 0 Å². The molecule has 1 aromatic carbocycles. The van der Waals surface area contributed by atoms with Crippen LogP contribution in [0.2, 0.25) is 5.02 Å². The van der Waals surface area contributed by atoms with Crippen molar-refractivity contribution >= 4 is 33.4 Å². The molecule has 0 amide bonds. The smallest absolute Gasteiger partial charge is 0.250 e. The van der Waals surface area contributed by atoms with Gasteiger partial charge in [0.25, 0.3) is 0 Å². The molecule has 8 heteroatoms. The van der Waals surface area contributed by atoms with Crippen molar-refractivity contribution in [3.8, 4) is 11.6 Å². The molecule has 0 fully saturated rings. The fourth-order valence-electron chi connectivity index (χ4n) is 1.67. The fourth-order valence-corrected chi connectivity index (χ4v) is 2.44. The fraction of sp³-hybridized carbons (Fsp3) is 0.154. The SMILES string of the molecule is Cc1nnc(Oc2ccc(Cl)cc2Br)c(/C(N)=N/O)c1C. The summed E-state index contributed by atoms with van der Waals surface area (Å²) in [6.07, 6.45) is 0. The highest BCUT2D eigenvalue weighted by Crippen LogP contribution is 2.33. The van der Waals surface area contributed by atoms with Crippen LogP contribution in [0.15, 0.2) is 27.8 Å². The molecule has 0 saturated heterocycles. The van der Waals surface area contributed by atoms with Crippen molar-refractivity contribution in [1.82, 2.24) is 10.2 Å². The van der Waals surface area contributed by atoms with Gasteiger partial charge in [-0.1, -0.05) is 16.8 Å². The van der Waals surface area contributed by atoms with E-state index in [2.05, 4.69) is 31.3 Å². The van der Waals surface area contributed by atoms with Gasteiger partial charge >= 0.3 is 0 Å². The third kappa shape index (κ3) is 3.25. The van der Waals surface area contributed by atoms with E-state index in [1.54, 1.807) is 32.0 Å². The van der Waals surface area contributed by atoms with Crippen LogP contribution in [-0.4, -0.2) is 21.2 Å². The summed E-state index contributed by atoms with van der Waals surface area (Å²) in [6.45, 7) is 3.57. The van der Waals surface area contributed by atoms with Crippen LogP contribution in [0, 0.1) is 13.8 Å². The second kappa shape index (κ2) is 6.28. The number of rotatable bonds is 3. The summed E-state index contributed by atoms with van der Waals surface area (Å²) in [5.74, 6) is 0.547. The minimum Gasteiger partial charge on any atom is -0.436 e. The lowest BCUT2D eigenvalue weighted by molar-refractivity contribution is 0.318. The van der Waals surface area contributed by atoms with Gasteiger partial charge in [0.05, 0.1) is 15.7 Å². The average Bonchev–Trinajstić information content (AvgIpc) is 2.45. The molecule has 0 saturated carbocycles. The molecule has 0 unspecified atom stereocenters. The molecule has 1 heterocycles. The molecule has 21 heavy (non-hydrogen) atoms. The second-order valence-electron chi connectivity index (χ2n) is 4.25. The third-order valence-electron chi connectivity index (χ3n) is 2.89. The molecule has 1 aromatic heterocycles. The first-order valence-electron chi connectivity index (χ1n) is 5.88. The minimum atomic E-state index is -0.0921. The van der Waals surface area contributed by atoms with Crippen molar-refractivity contribution in [3.63, 3.8) is 0 Å². The van der Waals surface area contributed by atoms with Crippen LogP contribution in [0.5, 0.6) is 11.6 Å². The van der Waals surface area contributed by atoms with E-state index < -0.39 is 0 Å². The molecule has 110 valence electrons. The molecule has 0 aliphatic heterocycles. The van der Waals surface area contributed by atoms with Crippen LogP contribution in [0.3, 0.4) is 0 Å². The van der Waals surface area contributed by atoms with Gasteiger partial charge in [-0.05, 0) is 53.5 Å². The number of nitrogens with zero attached hydrogens (tertiary/aromatic N) is 3. The summed E-state index contributed by atoms with van der Waals surface area (Å²) in [6, 6.07) is 5.05. The number of aryl methyl sites for hydroxylation is 1. The number of benzene rings is 1. The molecule has 2 aromatic rings. The number of aromatic nitrogens is 2. The van der Waals surface area contributed by atoms with Crippen molar-refractivity contribution in [2.45, 2.75) is 13.8 Å². The largest absolute Gasteiger partial charge is 0.436 e. The number of halogens is 2. The third-order valence-corrected chi connectivity index (χ3v) is 3.74. The number of oxime groups is 1. The Balaban J connectivity index is 2.52. The molecule has 3 N–H and O–H groups in total. The molecular formula is C13H12BrClN4O2. The topological polar surface area (TPSA) is 93.6 Å². The quantitative estimate of drug-likeness (QED) is 0.373. The van der Waals surface area contributed by atoms with Gasteiger partial charge in [-0.3, -0.25) is 0 Å². The predicted molar refractivity (Wildman–Crippen MR) is 83.2 cm³/mol. The van der Waals surface area contributed by atoms with Gasteiger partial charge in [0.2, 0.25) is 5.88 Å². The number of amidine groups is 1. The van der Waals surface area contributed by atoms with E-state index >= 15 is 0 Å². The van der Waals surface area contributed by atoms with Gasteiger partial charge in [0, 0.05) is 5.02 Å². The monoisotopic (exact) mass is 370 g/mol. The van der Waals surface area contributed by atoms with Crippen LogP contribution in [0.1, 0.15) is 16.8 Å². The zero-order chi connectivity index (χ0) is 15.6. The summed E-state index contributed by atoms with van der Waals surface area (Å²) >= 11 is 9.23. The number of ether oxygens (including phenoxy) is 1. The van der Waals surface area contributed by atoms with Crippen molar-refractivity contribution in [1.29, 1.82) is 0 Å². The Morgan fingerprint density at radius 3 is 2.71 bits per heavy atom. The molecule has 2 rings (SSSR count). The van der Waals surface area contributed by atoms with Gasteiger partial charge in [-0.15, -0.1) is 5.10 Å². The van der Waals surface area contributed by atoms with Gasteiger partial charge in [-0.2, -0.15) is 5.10 Å². The maximum atomic E-state index is 8.92. The molecule has 0 radical (unpaired) electrons. The number of nitrogens with two attached hydrogens (primary N) is 1. The molecule has 0 atom stereocenters. The minimum absolute atomic E-state index is 0.0921. The van der Waals surface area contributed by atoms with Crippen molar-refractivity contribution < 1.29 is 9.94 Å². The Bertz CT molecular complexity index is 722. The first-order chi connectivity index (χ1) is 9.93. The van der Waals surface area contributed by atoms with E-state index in [0.29, 0.717) is 26.5 Å². The molecule has 6 nitrogen and oxygen atoms in total. The first-order valence-corrected chi connectivity index (χ1v) is 7.05. The summed E-state index contributed by atoms with van der Waals surface area (Å²) in [4.78, 5) is 0. The highest BCUT2D eigenvalue weighted by molar-refractivity contribution is 9.10. The van der Waals surface area contributed by atoms with Crippen molar-refractivity contribution in [3.05, 3.63) is 44.5 Å². The molecule has 0 bridgehead atoms. The summed E-state index contributed by atoms with van der Waals surface area (Å²) in [5, 5.41) is 20.5. The first kappa shape index (κ1) is 15.5. The summed E-state index contributed by atoms with van der Waals surface area (Å²) in [5.41, 5.74) is 7.48. The molecule has 0 aliphatic rings. The van der Waals surface area contributed by atoms with Crippen LogP contribution >= 0.6 is 27.5 Å². The van der Waals surface area contributed by atoms with Gasteiger partial charge in [-0.25, -0.2) is 0 Å². The van der Waals surface area contributed by atoms with Crippen molar-refractivity contribution in [2.24, 2.45) is 10.9 Å². The summed E-state index contributed by atoms with van der Waals surface area (Å²) in [7, 11) is 0. The normalized spacial score (nSPS) is 11.5. The standard InChI is InChI=1S/C13H12BrClN4O2/c1-6-7(2)17-18-13(11(6)12(16)19-20)21-10-4-3-8(15)5-9(10)14/h3-5,20H,1-2H3,(H2,16,19). The van der Waals surface area contributed by atoms with Gasteiger partial charge in [0.1, 0.15) is 5.75 Å². The molecule has 0 aliphatic carbocycles. The molecular weight excluding hydrogens is 360 g/mol. The zero-order valence-corrected chi connectivity index (χ0v) is 13.6. The molecule has 0 spiro atoms. The zero-order valence-electron chi connectivity index (χ0n) is 11.3. The van der Waals surface area contributed by atoms with E-state index in [0.717, 1.165) is 5.56 Å². The van der Waals surface area contributed by atoms with Gasteiger partial charge in [0.15, 0.2) is 5.84 Å². The Morgan fingerprint density at radius 2 is 2.10 bits per heavy atom. The van der Waals surface area contributed by atoms with Crippen LogP contribution < -0.4 is 10.5 Å². The maximum absolute atomic E-state index is 8.92. The van der Waals surface area contributed by atoms with E-state index in [9.17, 15) is 0 Å². The Morgan fingerprint density at radius 1 is 1.38 bits per heavy atom.